The molecule has 5 rings (SSSR count). The molecular weight excluding hydrogens is 451 g/mol. The summed E-state index contributed by atoms with van der Waals surface area (Å²) in [7, 11) is 0. The first-order valence-electron chi connectivity index (χ1n) is 9.71. The van der Waals surface area contributed by atoms with E-state index >= 15 is 0 Å². The first kappa shape index (κ1) is 19.1. The van der Waals surface area contributed by atoms with Gasteiger partial charge < -0.3 is 10.5 Å². The molecule has 0 spiro atoms. The normalized spacial score (nSPS) is 16.9. The maximum absolute atomic E-state index is 14.5. The van der Waals surface area contributed by atoms with Gasteiger partial charge in [0.25, 0.3) is 0 Å². The van der Waals surface area contributed by atoms with Crippen molar-refractivity contribution in [1.29, 1.82) is 0 Å². The molecule has 8 heteroatoms. The number of aromatic nitrogens is 3. The summed E-state index contributed by atoms with van der Waals surface area (Å²) in [6.07, 6.45) is 5.88. The lowest BCUT2D eigenvalue weighted by Gasteiger charge is -2.22. The van der Waals surface area contributed by atoms with Gasteiger partial charge >= 0.3 is 0 Å². The van der Waals surface area contributed by atoms with Crippen molar-refractivity contribution in [1.82, 2.24) is 14.8 Å². The molecule has 1 atom stereocenters. The second-order valence-corrected chi connectivity index (χ2v) is 8.19. The summed E-state index contributed by atoms with van der Waals surface area (Å²) >= 11 is 3.50. The van der Waals surface area contributed by atoms with Gasteiger partial charge in [0.05, 0.1) is 11.2 Å². The van der Waals surface area contributed by atoms with E-state index in [1.54, 1.807) is 29.2 Å². The molecule has 2 aromatic heterocycles. The number of nitrogens with zero attached hydrogens (tertiary/aromatic N) is 3. The van der Waals surface area contributed by atoms with Crippen molar-refractivity contribution in [2.24, 2.45) is 0 Å². The van der Waals surface area contributed by atoms with E-state index in [2.05, 4.69) is 26.0 Å². The number of nitrogen functional groups attached to an aromatic ring is 1. The third kappa shape index (κ3) is 3.07. The molecule has 4 aromatic rings. The number of hydrogen-bond donors (Lipinski definition) is 1. The van der Waals surface area contributed by atoms with E-state index in [1.807, 2.05) is 6.07 Å². The van der Waals surface area contributed by atoms with Gasteiger partial charge in [-0.1, -0.05) is 22.0 Å². The smallest absolute Gasteiger partial charge is 0.195 e. The highest BCUT2D eigenvalue weighted by atomic mass is 79.9. The number of ether oxygens (including phenoxy) is 1. The number of carbonyl (C=O) groups excluding carboxylic acids is 1. The number of fused-ring (bicyclic) bond motifs is 2. The number of ketones is 1. The van der Waals surface area contributed by atoms with E-state index < -0.39 is 5.82 Å². The fraction of sp³-hybridized carbons (Fsp3) is 0.227. The maximum atomic E-state index is 14.5. The summed E-state index contributed by atoms with van der Waals surface area (Å²) in [6, 6.07) is 8.11. The van der Waals surface area contributed by atoms with Crippen LogP contribution >= 0.6 is 15.9 Å². The van der Waals surface area contributed by atoms with E-state index in [0.29, 0.717) is 38.8 Å². The summed E-state index contributed by atoms with van der Waals surface area (Å²) in [5.41, 5.74) is 7.92. The second kappa shape index (κ2) is 7.45. The predicted molar refractivity (Wildman–Crippen MR) is 116 cm³/mol. The third-order valence-corrected chi connectivity index (χ3v) is 6.12. The molecule has 0 aliphatic carbocycles. The minimum absolute atomic E-state index is 0.145. The molecule has 0 radical (unpaired) electrons. The van der Waals surface area contributed by atoms with Crippen molar-refractivity contribution in [3.05, 3.63) is 64.1 Å². The molecule has 30 heavy (non-hydrogen) atoms. The van der Waals surface area contributed by atoms with Gasteiger partial charge in [0.2, 0.25) is 0 Å². The Kier molecular flexibility index (Phi) is 4.75. The predicted octanol–water partition coefficient (Wildman–Crippen LogP) is 5.00. The zero-order valence-electron chi connectivity index (χ0n) is 15.9. The van der Waals surface area contributed by atoms with Crippen LogP contribution in [0.25, 0.3) is 21.8 Å². The Morgan fingerprint density at radius 2 is 2.07 bits per heavy atom. The Morgan fingerprint density at radius 1 is 1.20 bits per heavy atom. The standard InChI is InChI=1S/C22H18BrFN4O2/c23-16-10-14(19(25)21-13(16)4-3-8-26-21)22(29)12-6-7-17(24)20-15(12)11-28(27-20)18-5-1-2-9-30-18/h3-4,6-8,10-11,18H,1-2,5,9,25H2. The monoisotopic (exact) mass is 468 g/mol. The van der Waals surface area contributed by atoms with E-state index in [0.717, 1.165) is 24.6 Å². The SMILES string of the molecule is Nc1c(C(=O)c2ccc(F)c3nn(C4CCCCO4)cc23)cc(Br)c2cccnc12. The molecule has 1 fully saturated rings. The Bertz CT molecular complexity index is 1300. The minimum atomic E-state index is -0.481. The summed E-state index contributed by atoms with van der Waals surface area (Å²) in [6.45, 7) is 0.643. The molecular formula is C22H18BrFN4O2. The summed E-state index contributed by atoms with van der Waals surface area (Å²) in [5, 5.41) is 5.63. The highest BCUT2D eigenvalue weighted by Gasteiger charge is 2.24. The van der Waals surface area contributed by atoms with Crippen LogP contribution < -0.4 is 5.73 Å². The summed E-state index contributed by atoms with van der Waals surface area (Å²) in [5.74, 6) is -0.791. The number of pyridine rings is 1. The van der Waals surface area contributed by atoms with E-state index in [9.17, 15) is 9.18 Å². The third-order valence-electron chi connectivity index (χ3n) is 5.47. The topological polar surface area (TPSA) is 83.0 Å². The zero-order chi connectivity index (χ0) is 20.8. The van der Waals surface area contributed by atoms with Gasteiger partial charge in [-0.25, -0.2) is 9.07 Å². The number of benzene rings is 2. The van der Waals surface area contributed by atoms with Gasteiger partial charge in [0.15, 0.2) is 11.6 Å². The number of hydrogen-bond acceptors (Lipinski definition) is 5. The molecule has 2 aromatic carbocycles. The quantitative estimate of drug-likeness (QED) is 0.337. The highest BCUT2D eigenvalue weighted by molar-refractivity contribution is 9.10. The van der Waals surface area contributed by atoms with Gasteiger partial charge in [0, 0.05) is 45.4 Å². The van der Waals surface area contributed by atoms with Crippen LogP contribution in [0.2, 0.25) is 0 Å². The first-order chi connectivity index (χ1) is 14.5. The first-order valence-corrected chi connectivity index (χ1v) is 10.5. The van der Waals surface area contributed by atoms with Gasteiger partial charge in [-0.15, -0.1) is 0 Å². The van der Waals surface area contributed by atoms with Crippen LogP contribution in [0.1, 0.15) is 41.4 Å². The largest absolute Gasteiger partial charge is 0.396 e. The number of carbonyl (C=O) groups is 1. The molecule has 1 unspecified atom stereocenters. The van der Waals surface area contributed by atoms with Crippen LogP contribution in [0.4, 0.5) is 10.1 Å². The van der Waals surface area contributed by atoms with Crippen LogP contribution in [-0.4, -0.2) is 27.2 Å². The van der Waals surface area contributed by atoms with Crippen LogP contribution in [0.5, 0.6) is 0 Å². The fourth-order valence-corrected chi connectivity index (χ4v) is 4.47. The Morgan fingerprint density at radius 3 is 2.87 bits per heavy atom. The minimum Gasteiger partial charge on any atom is -0.396 e. The van der Waals surface area contributed by atoms with Crippen molar-refractivity contribution in [3.8, 4) is 0 Å². The maximum Gasteiger partial charge on any atom is 0.195 e. The Labute approximate surface area is 180 Å². The number of anilines is 1. The van der Waals surface area contributed by atoms with Gasteiger partial charge in [-0.2, -0.15) is 5.10 Å². The zero-order valence-corrected chi connectivity index (χ0v) is 17.5. The lowest BCUT2D eigenvalue weighted by molar-refractivity contribution is -0.0391. The summed E-state index contributed by atoms with van der Waals surface area (Å²) in [4.78, 5) is 17.8. The summed E-state index contributed by atoms with van der Waals surface area (Å²) < 4.78 is 22.6. The lowest BCUT2D eigenvalue weighted by Crippen LogP contribution is -2.18. The number of nitrogens with two attached hydrogens (primary N) is 1. The van der Waals surface area contributed by atoms with Gasteiger partial charge in [-0.05, 0) is 43.5 Å². The molecule has 6 nitrogen and oxygen atoms in total. The van der Waals surface area contributed by atoms with Crippen LogP contribution in [-0.2, 0) is 4.74 Å². The molecule has 0 amide bonds. The van der Waals surface area contributed by atoms with E-state index in [1.165, 1.54) is 12.1 Å². The second-order valence-electron chi connectivity index (χ2n) is 7.34. The average Bonchev–Trinajstić information content (AvgIpc) is 3.23. The van der Waals surface area contributed by atoms with Crippen molar-refractivity contribution >= 4 is 49.2 Å². The van der Waals surface area contributed by atoms with Crippen LogP contribution in [0, 0.1) is 5.82 Å². The molecule has 2 N–H and O–H groups in total. The molecule has 1 aliphatic heterocycles. The Hall–Kier alpha value is -2.84. The number of rotatable bonds is 3. The van der Waals surface area contributed by atoms with Crippen molar-refractivity contribution in [2.45, 2.75) is 25.5 Å². The molecule has 1 saturated heterocycles. The molecule has 152 valence electrons. The highest BCUT2D eigenvalue weighted by Crippen LogP contribution is 2.34. The fourth-order valence-electron chi connectivity index (χ4n) is 3.92. The van der Waals surface area contributed by atoms with E-state index in [-0.39, 0.29) is 17.5 Å². The van der Waals surface area contributed by atoms with Gasteiger partial charge in [-0.3, -0.25) is 9.78 Å². The van der Waals surface area contributed by atoms with E-state index in [4.69, 9.17) is 10.5 Å². The molecule has 0 saturated carbocycles. The van der Waals surface area contributed by atoms with Crippen molar-refractivity contribution < 1.29 is 13.9 Å². The van der Waals surface area contributed by atoms with Crippen molar-refractivity contribution in [3.63, 3.8) is 0 Å². The molecule has 0 bridgehead atoms. The Balaban J connectivity index is 1.65. The number of halogens is 2. The van der Waals surface area contributed by atoms with Gasteiger partial charge in [0.1, 0.15) is 11.7 Å². The average molecular weight is 469 g/mol. The van der Waals surface area contributed by atoms with Crippen LogP contribution in [0.3, 0.4) is 0 Å². The molecule has 3 heterocycles. The van der Waals surface area contributed by atoms with Crippen LogP contribution in [0.15, 0.2) is 47.2 Å². The lowest BCUT2D eigenvalue weighted by atomic mass is 9.97. The van der Waals surface area contributed by atoms with Crippen molar-refractivity contribution in [2.75, 3.05) is 12.3 Å². The molecule has 1 aliphatic rings.